The largest absolute Gasteiger partial charge is 0.320 e. The molecule has 0 aliphatic carbocycles. The van der Waals surface area contributed by atoms with Crippen molar-refractivity contribution >= 4 is 0 Å². The lowest BCUT2D eigenvalue weighted by Crippen LogP contribution is -1.72. The van der Waals surface area contributed by atoms with Crippen LogP contribution in [0, 0.1) is 51.7 Å². The van der Waals surface area contributed by atoms with Gasteiger partial charge in [0.25, 0.3) is 0 Å². The number of nitrogens with zero attached hydrogens (tertiary/aromatic N) is 3. The third-order valence-electron chi connectivity index (χ3n) is 0.775. The van der Waals surface area contributed by atoms with Crippen molar-refractivity contribution in [3.05, 3.63) is 0 Å². The monoisotopic (exact) mass is 240 g/mol. The molecule has 0 aromatic rings. The molecule has 0 heterocycles. The molecule has 0 saturated heterocycles. The Labute approximate surface area is 105 Å². The summed E-state index contributed by atoms with van der Waals surface area (Å²) in [6.45, 7) is 11.2. The summed E-state index contributed by atoms with van der Waals surface area (Å²) in [7, 11) is 0. The first-order chi connectivity index (χ1) is 7.81. The first-order valence-electron chi connectivity index (χ1n) is 5.26. The van der Waals surface area contributed by atoms with E-state index in [0.29, 0.717) is 0 Å². The van der Waals surface area contributed by atoms with E-state index in [2.05, 4.69) is 5.90 Å². The summed E-state index contributed by atoms with van der Waals surface area (Å²) < 4.78 is 0. The lowest BCUT2D eigenvalue weighted by atomic mass is 10.3. The van der Waals surface area contributed by atoms with E-state index in [-0.39, 0.29) is 17.8 Å². The molecule has 17 heavy (non-hydrogen) atoms. The molecule has 0 aliphatic heterocycles. The second kappa shape index (κ2) is 23.9. The van der Waals surface area contributed by atoms with Gasteiger partial charge < -0.3 is 5.21 Å². The zero-order chi connectivity index (χ0) is 14.9. The minimum atomic E-state index is 0.190. The minimum Gasteiger partial charge on any atom is -0.320 e. The van der Waals surface area contributed by atoms with Crippen molar-refractivity contribution in [1.29, 1.82) is 15.8 Å². The van der Waals surface area contributed by atoms with Crippen LogP contribution in [0.4, 0.5) is 0 Å². The maximum absolute atomic E-state index is 7.89. The summed E-state index contributed by atoms with van der Waals surface area (Å²) in [6, 6.07) is 6.08. The molecule has 0 aromatic heterocycles. The molecule has 0 fully saturated rings. The Bertz CT molecular complexity index is 198. The fourth-order valence-corrected chi connectivity index (χ4v) is 0. The SMILES string of the molecule is CC(C)C#N.CC(C)C#N.CC(C)C#N.NO. The predicted molar refractivity (Wildman–Crippen MR) is 67.3 cm³/mol. The summed E-state index contributed by atoms with van der Waals surface area (Å²) in [5.74, 6) is 4.07. The minimum absolute atomic E-state index is 0.190. The molecule has 0 aromatic carbocycles. The van der Waals surface area contributed by atoms with Crippen LogP contribution in [0.1, 0.15) is 41.5 Å². The Balaban J connectivity index is -0.0000000693. The Kier molecular flexibility index (Phi) is 34.5. The van der Waals surface area contributed by atoms with E-state index in [9.17, 15) is 0 Å². The first kappa shape index (κ1) is 24.6. The Morgan fingerprint density at radius 1 is 0.647 bits per heavy atom. The van der Waals surface area contributed by atoms with Gasteiger partial charge in [-0.2, -0.15) is 15.8 Å². The third-order valence-corrected chi connectivity index (χ3v) is 0.775. The fraction of sp³-hybridized carbons (Fsp3) is 0.750. The molecule has 0 atom stereocenters. The van der Waals surface area contributed by atoms with Gasteiger partial charge in [-0.3, -0.25) is 0 Å². The normalized spacial score (nSPS) is 7.06. The number of nitriles is 3. The highest BCUT2D eigenvalue weighted by Crippen LogP contribution is 1.82. The lowest BCUT2D eigenvalue weighted by molar-refractivity contribution is 0.311. The smallest absolute Gasteiger partial charge is 0.0649 e. The Hall–Kier alpha value is -1.61. The molecule has 0 bridgehead atoms. The summed E-state index contributed by atoms with van der Waals surface area (Å²) in [6.07, 6.45) is 0. The quantitative estimate of drug-likeness (QED) is 0.631. The van der Waals surface area contributed by atoms with Crippen LogP contribution in [-0.4, -0.2) is 5.21 Å². The molecule has 0 amide bonds. The second-order valence-electron chi connectivity index (χ2n) is 3.85. The standard InChI is InChI=1S/3C4H7N.H3NO/c3*1-4(2)3-5;1-2/h3*4H,1-2H3;2H,1H2. The van der Waals surface area contributed by atoms with E-state index >= 15 is 0 Å². The molecule has 0 spiro atoms. The van der Waals surface area contributed by atoms with Crippen LogP contribution < -0.4 is 5.90 Å². The molecule has 5 nitrogen and oxygen atoms in total. The Morgan fingerprint density at radius 2 is 0.706 bits per heavy atom. The van der Waals surface area contributed by atoms with Crippen LogP contribution >= 0.6 is 0 Å². The number of hydrogen-bond donors (Lipinski definition) is 2. The van der Waals surface area contributed by atoms with E-state index in [1.54, 1.807) is 0 Å². The van der Waals surface area contributed by atoms with Gasteiger partial charge in [-0.15, -0.1) is 0 Å². The van der Waals surface area contributed by atoms with Crippen molar-refractivity contribution in [2.75, 3.05) is 0 Å². The molecule has 0 unspecified atom stereocenters. The summed E-state index contributed by atoms with van der Waals surface area (Å²) >= 11 is 0. The maximum Gasteiger partial charge on any atom is 0.0649 e. The third kappa shape index (κ3) is 115. The van der Waals surface area contributed by atoms with Crippen molar-refractivity contribution in [3.8, 4) is 18.2 Å². The molecule has 0 rings (SSSR count). The fourth-order valence-electron chi connectivity index (χ4n) is 0. The van der Waals surface area contributed by atoms with Crippen LogP contribution in [0.15, 0.2) is 0 Å². The van der Waals surface area contributed by atoms with Crippen molar-refractivity contribution < 1.29 is 5.21 Å². The second-order valence-corrected chi connectivity index (χ2v) is 3.85. The van der Waals surface area contributed by atoms with Crippen molar-refractivity contribution in [2.45, 2.75) is 41.5 Å². The van der Waals surface area contributed by atoms with Gasteiger partial charge in [-0.05, 0) is 41.5 Å². The van der Waals surface area contributed by atoms with Gasteiger partial charge in [0.2, 0.25) is 0 Å². The zero-order valence-corrected chi connectivity index (χ0v) is 11.6. The molecule has 0 saturated carbocycles. The first-order valence-corrected chi connectivity index (χ1v) is 5.26. The molecular formula is C12H24N4O. The van der Waals surface area contributed by atoms with Gasteiger partial charge in [0.1, 0.15) is 0 Å². The maximum atomic E-state index is 7.89. The highest BCUT2D eigenvalue weighted by molar-refractivity contribution is 4.73. The topological polar surface area (TPSA) is 118 Å². The molecular weight excluding hydrogens is 216 g/mol. The van der Waals surface area contributed by atoms with Crippen molar-refractivity contribution in [2.24, 2.45) is 23.7 Å². The van der Waals surface area contributed by atoms with E-state index in [1.165, 1.54) is 0 Å². The lowest BCUT2D eigenvalue weighted by Gasteiger charge is -1.75. The van der Waals surface area contributed by atoms with E-state index in [0.717, 1.165) is 0 Å². The zero-order valence-electron chi connectivity index (χ0n) is 11.6. The van der Waals surface area contributed by atoms with Gasteiger partial charge in [-0.25, -0.2) is 5.90 Å². The average molecular weight is 240 g/mol. The molecule has 98 valence electrons. The van der Waals surface area contributed by atoms with Crippen molar-refractivity contribution in [1.82, 2.24) is 0 Å². The molecule has 3 N–H and O–H groups in total. The van der Waals surface area contributed by atoms with Gasteiger partial charge >= 0.3 is 0 Å². The van der Waals surface area contributed by atoms with Crippen LogP contribution in [0.2, 0.25) is 0 Å². The molecule has 5 heteroatoms. The summed E-state index contributed by atoms with van der Waals surface area (Å²) in [5.41, 5.74) is 0. The summed E-state index contributed by atoms with van der Waals surface area (Å²) in [5, 5.41) is 30.2. The number of nitrogens with two attached hydrogens (primary N) is 1. The van der Waals surface area contributed by atoms with Crippen molar-refractivity contribution in [3.63, 3.8) is 0 Å². The highest BCUT2D eigenvalue weighted by Gasteiger charge is 1.79. The van der Waals surface area contributed by atoms with Gasteiger partial charge in [0.05, 0.1) is 18.2 Å². The average Bonchev–Trinajstić information content (AvgIpc) is 2.32. The van der Waals surface area contributed by atoms with Gasteiger partial charge in [-0.1, -0.05) is 0 Å². The number of rotatable bonds is 0. The van der Waals surface area contributed by atoms with Gasteiger partial charge in [0, 0.05) is 17.8 Å². The van der Waals surface area contributed by atoms with Crippen LogP contribution in [0.5, 0.6) is 0 Å². The molecule has 0 radical (unpaired) electrons. The predicted octanol–water partition coefficient (Wildman–Crippen LogP) is 2.83. The van der Waals surface area contributed by atoms with Crippen LogP contribution in [-0.2, 0) is 0 Å². The Morgan fingerprint density at radius 3 is 0.706 bits per heavy atom. The summed E-state index contributed by atoms with van der Waals surface area (Å²) in [4.78, 5) is 0. The van der Waals surface area contributed by atoms with E-state index in [1.807, 2.05) is 59.8 Å². The molecule has 0 aliphatic rings. The van der Waals surface area contributed by atoms with Gasteiger partial charge in [0.15, 0.2) is 0 Å². The van der Waals surface area contributed by atoms with E-state index < -0.39 is 0 Å². The van der Waals surface area contributed by atoms with Crippen LogP contribution in [0.25, 0.3) is 0 Å². The highest BCUT2D eigenvalue weighted by atomic mass is 16.4. The van der Waals surface area contributed by atoms with Crippen LogP contribution in [0.3, 0.4) is 0 Å². The van der Waals surface area contributed by atoms with E-state index in [4.69, 9.17) is 21.0 Å². The number of hydrogen-bond acceptors (Lipinski definition) is 5.